The van der Waals surface area contributed by atoms with E-state index in [1.807, 2.05) is 30.3 Å². The van der Waals surface area contributed by atoms with Crippen molar-refractivity contribution in [2.24, 2.45) is 0 Å². The van der Waals surface area contributed by atoms with Gasteiger partial charge in [-0.1, -0.05) is 95.0 Å². The number of benzene rings is 1. The van der Waals surface area contributed by atoms with E-state index in [-0.39, 0.29) is 24.8 Å². The second kappa shape index (κ2) is 17.3. The van der Waals surface area contributed by atoms with Crippen molar-refractivity contribution in [2.45, 2.75) is 90.4 Å². The summed E-state index contributed by atoms with van der Waals surface area (Å²) in [6.07, 6.45) is 13.4. The van der Waals surface area contributed by atoms with Gasteiger partial charge in [0.1, 0.15) is 0 Å². The number of carbonyl (C=O) groups excluding carboxylic acids is 2. The summed E-state index contributed by atoms with van der Waals surface area (Å²) in [6, 6.07) is 9.87. The van der Waals surface area contributed by atoms with Gasteiger partial charge in [0.15, 0.2) is 0 Å². The van der Waals surface area contributed by atoms with Crippen LogP contribution in [-0.4, -0.2) is 25.2 Å². The van der Waals surface area contributed by atoms with Gasteiger partial charge in [0.25, 0.3) is 0 Å². The average Bonchev–Trinajstić information content (AvgIpc) is 2.71. The highest BCUT2D eigenvalue weighted by Crippen LogP contribution is 2.10. The Morgan fingerprint density at radius 1 is 0.679 bits per heavy atom. The lowest BCUT2D eigenvalue weighted by molar-refractivity contribution is -0.150. The van der Waals surface area contributed by atoms with Crippen LogP contribution in [0.2, 0.25) is 0 Å². The molecule has 0 aliphatic rings. The van der Waals surface area contributed by atoms with E-state index in [0.29, 0.717) is 19.6 Å². The Labute approximate surface area is 171 Å². The van der Waals surface area contributed by atoms with Gasteiger partial charge in [-0.15, -0.1) is 0 Å². The normalized spacial score (nSPS) is 10.6. The monoisotopic (exact) mass is 390 g/mol. The Balaban J connectivity index is 1.87. The Morgan fingerprint density at radius 2 is 1.18 bits per heavy atom. The molecule has 0 spiro atoms. The molecule has 0 heterocycles. The lowest BCUT2D eigenvalue weighted by Gasteiger charge is -2.06. The highest BCUT2D eigenvalue weighted by atomic mass is 16.5. The van der Waals surface area contributed by atoms with Crippen LogP contribution in [0.1, 0.15) is 89.5 Å². The van der Waals surface area contributed by atoms with E-state index < -0.39 is 0 Å². The number of carbonyl (C=O) groups is 2. The Bertz CT molecular complexity index is 513. The molecule has 28 heavy (non-hydrogen) atoms. The molecule has 158 valence electrons. The second-order valence-electron chi connectivity index (χ2n) is 7.36. The van der Waals surface area contributed by atoms with Crippen molar-refractivity contribution >= 4 is 11.9 Å². The SMILES string of the molecule is CCCCCCCCCCCCOC(=O)CCC(=O)OCCc1ccccc1. The summed E-state index contributed by atoms with van der Waals surface area (Å²) in [5.74, 6) is -0.650. The number of esters is 2. The molecule has 0 aliphatic carbocycles. The molecule has 0 amide bonds. The zero-order chi connectivity index (χ0) is 20.3. The lowest BCUT2D eigenvalue weighted by atomic mass is 10.1. The zero-order valence-electron chi connectivity index (χ0n) is 17.6. The van der Waals surface area contributed by atoms with Gasteiger partial charge in [-0.25, -0.2) is 0 Å². The molecule has 0 radical (unpaired) electrons. The van der Waals surface area contributed by atoms with Gasteiger partial charge in [0.2, 0.25) is 0 Å². The molecule has 0 saturated carbocycles. The van der Waals surface area contributed by atoms with Crippen molar-refractivity contribution in [3.63, 3.8) is 0 Å². The van der Waals surface area contributed by atoms with Gasteiger partial charge in [-0.05, 0) is 12.0 Å². The predicted molar refractivity (Wildman–Crippen MR) is 113 cm³/mol. The van der Waals surface area contributed by atoms with Crippen molar-refractivity contribution < 1.29 is 19.1 Å². The Hall–Kier alpha value is -1.84. The summed E-state index contributed by atoms with van der Waals surface area (Å²) in [5, 5.41) is 0. The fourth-order valence-electron chi connectivity index (χ4n) is 3.05. The van der Waals surface area contributed by atoms with Crippen LogP contribution in [0.25, 0.3) is 0 Å². The molecule has 4 heteroatoms. The highest BCUT2D eigenvalue weighted by Gasteiger charge is 2.09. The van der Waals surface area contributed by atoms with Crippen LogP contribution in [0.5, 0.6) is 0 Å². The van der Waals surface area contributed by atoms with E-state index in [0.717, 1.165) is 18.4 Å². The van der Waals surface area contributed by atoms with Crippen LogP contribution in [0.4, 0.5) is 0 Å². The third kappa shape index (κ3) is 14.2. The quantitative estimate of drug-likeness (QED) is 0.241. The molecule has 4 nitrogen and oxygen atoms in total. The van der Waals surface area contributed by atoms with Crippen molar-refractivity contribution in [2.75, 3.05) is 13.2 Å². The minimum Gasteiger partial charge on any atom is -0.466 e. The third-order valence-corrected chi connectivity index (χ3v) is 4.79. The molecule has 0 bridgehead atoms. The first-order valence-electron chi connectivity index (χ1n) is 11.1. The van der Waals surface area contributed by atoms with Crippen LogP contribution in [0.3, 0.4) is 0 Å². The summed E-state index contributed by atoms with van der Waals surface area (Å²) >= 11 is 0. The summed E-state index contributed by atoms with van der Waals surface area (Å²) < 4.78 is 10.4. The van der Waals surface area contributed by atoms with E-state index in [9.17, 15) is 9.59 Å². The van der Waals surface area contributed by atoms with Gasteiger partial charge >= 0.3 is 11.9 Å². The van der Waals surface area contributed by atoms with E-state index in [1.54, 1.807) is 0 Å². The molecule has 1 rings (SSSR count). The van der Waals surface area contributed by atoms with E-state index in [2.05, 4.69) is 6.92 Å². The van der Waals surface area contributed by atoms with Gasteiger partial charge < -0.3 is 9.47 Å². The first-order chi connectivity index (χ1) is 13.7. The fraction of sp³-hybridized carbons (Fsp3) is 0.667. The van der Waals surface area contributed by atoms with E-state index in [4.69, 9.17) is 9.47 Å². The largest absolute Gasteiger partial charge is 0.466 e. The molecule has 0 saturated heterocycles. The topological polar surface area (TPSA) is 52.6 Å². The zero-order valence-corrected chi connectivity index (χ0v) is 17.6. The lowest BCUT2D eigenvalue weighted by Crippen LogP contribution is -2.12. The molecule has 0 aromatic heterocycles. The molecule has 1 aromatic rings. The summed E-state index contributed by atoms with van der Waals surface area (Å²) in [6.45, 7) is 3.04. The molecule has 0 unspecified atom stereocenters. The van der Waals surface area contributed by atoms with Crippen molar-refractivity contribution in [1.29, 1.82) is 0 Å². The van der Waals surface area contributed by atoms with Crippen LogP contribution in [0, 0.1) is 0 Å². The first-order valence-corrected chi connectivity index (χ1v) is 11.1. The number of ether oxygens (including phenoxy) is 2. The summed E-state index contributed by atoms with van der Waals surface area (Å²) in [7, 11) is 0. The summed E-state index contributed by atoms with van der Waals surface area (Å²) in [5.41, 5.74) is 1.13. The molecular weight excluding hydrogens is 352 g/mol. The van der Waals surface area contributed by atoms with Gasteiger partial charge in [-0.2, -0.15) is 0 Å². The van der Waals surface area contributed by atoms with Crippen molar-refractivity contribution in [3.05, 3.63) is 35.9 Å². The maximum atomic E-state index is 11.7. The minimum absolute atomic E-state index is 0.0889. The second-order valence-corrected chi connectivity index (χ2v) is 7.36. The van der Waals surface area contributed by atoms with Crippen molar-refractivity contribution in [1.82, 2.24) is 0 Å². The minimum atomic E-state index is -0.341. The number of rotatable bonds is 17. The van der Waals surface area contributed by atoms with Crippen LogP contribution in [-0.2, 0) is 25.5 Å². The van der Waals surface area contributed by atoms with Gasteiger partial charge in [0, 0.05) is 6.42 Å². The first kappa shape index (κ1) is 24.2. The van der Waals surface area contributed by atoms with Crippen LogP contribution >= 0.6 is 0 Å². The molecule has 0 fully saturated rings. The Morgan fingerprint density at radius 3 is 1.75 bits per heavy atom. The Kier molecular flexibility index (Phi) is 14.9. The molecule has 1 aromatic carbocycles. The summed E-state index contributed by atoms with van der Waals surface area (Å²) in [4.78, 5) is 23.3. The van der Waals surface area contributed by atoms with Gasteiger partial charge in [-0.3, -0.25) is 9.59 Å². The number of hydrogen-bond acceptors (Lipinski definition) is 4. The maximum absolute atomic E-state index is 11.7. The molecular formula is C24H38O4. The third-order valence-electron chi connectivity index (χ3n) is 4.79. The van der Waals surface area contributed by atoms with Crippen LogP contribution in [0.15, 0.2) is 30.3 Å². The average molecular weight is 391 g/mol. The van der Waals surface area contributed by atoms with Gasteiger partial charge in [0.05, 0.1) is 26.1 Å². The molecule has 0 atom stereocenters. The van der Waals surface area contributed by atoms with Crippen molar-refractivity contribution in [3.8, 4) is 0 Å². The van der Waals surface area contributed by atoms with E-state index in [1.165, 1.54) is 51.4 Å². The predicted octanol–water partition coefficient (Wildman–Crippen LogP) is 6.02. The van der Waals surface area contributed by atoms with Crippen LogP contribution < -0.4 is 0 Å². The molecule has 0 aliphatic heterocycles. The molecule has 0 N–H and O–H groups in total. The smallest absolute Gasteiger partial charge is 0.306 e. The maximum Gasteiger partial charge on any atom is 0.306 e. The highest BCUT2D eigenvalue weighted by molar-refractivity contribution is 5.77. The number of unbranched alkanes of at least 4 members (excludes halogenated alkanes) is 9. The standard InChI is InChI=1S/C24H38O4/c1-2-3-4-5-6-7-8-9-10-14-20-27-23(25)17-18-24(26)28-21-19-22-15-12-11-13-16-22/h11-13,15-16H,2-10,14,17-21H2,1H3. The fourth-order valence-corrected chi connectivity index (χ4v) is 3.05. The number of hydrogen-bond donors (Lipinski definition) is 0. The van der Waals surface area contributed by atoms with E-state index >= 15 is 0 Å².